The van der Waals surface area contributed by atoms with Gasteiger partial charge in [-0.25, -0.2) is 4.39 Å². The zero-order chi connectivity index (χ0) is 13.7. The molecular weight excluding hydrogens is 269 g/mol. The molecule has 0 aliphatic carbocycles. The van der Waals surface area contributed by atoms with Crippen molar-refractivity contribution in [2.45, 2.75) is 19.6 Å². The van der Waals surface area contributed by atoms with Gasteiger partial charge < -0.3 is 10.4 Å². The van der Waals surface area contributed by atoms with E-state index in [1.54, 1.807) is 23.0 Å². The lowest BCUT2D eigenvalue weighted by Crippen LogP contribution is -2.12. The highest BCUT2D eigenvalue weighted by Gasteiger charge is 2.02. The third kappa shape index (κ3) is 4.02. The molecule has 0 unspecified atom stereocenters. The Bertz CT molecular complexity index is 544. The highest BCUT2D eigenvalue weighted by molar-refractivity contribution is 6.30. The van der Waals surface area contributed by atoms with E-state index in [4.69, 9.17) is 16.7 Å². The van der Waals surface area contributed by atoms with Crippen LogP contribution < -0.4 is 5.32 Å². The molecule has 0 aliphatic rings. The lowest BCUT2D eigenvalue weighted by atomic mass is 10.2. The number of aromatic nitrogens is 2. The van der Waals surface area contributed by atoms with Crippen molar-refractivity contribution in [1.29, 1.82) is 0 Å². The number of hydrogen-bond acceptors (Lipinski definition) is 3. The fourth-order valence-electron chi connectivity index (χ4n) is 1.72. The SMILES string of the molecule is OCCn1cc(CNCc2ccc(F)c(Cl)c2)cn1. The number of nitrogens with zero attached hydrogens (tertiary/aromatic N) is 2. The Morgan fingerprint density at radius 3 is 2.84 bits per heavy atom. The minimum absolute atomic E-state index is 0.0721. The quantitative estimate of drug-likeness (QED) is 0.852. The van der Waals surface area contributed by atoms with Gasteiger partial charge in [-0.3, -0.25) is 4.68 Å². The minimum Gasteiger partial charge on any atom is -0.394 e. The van der Waals surface area contributed by atoms with Crippen LogP contribution in [0.2, 0.25) is 5.02 Å². The second-order valence-electron chi connectivity index (χ2n) is 4.19. The first kappa shape index (κ1) is 14.0. The van der Waals surface area contributed by atoms with Crippen LogP contribution in [0, 0.1) is 5.82 Å². The molecule has 1 aromatic carbocycles. The van der Waals surface area contributed by atoms with Crippen molar-refractivity contribution in [2.24, 2.45) is 0 Å². The summed E-state index contributed by atoms with van der Waals surface area (Å²) in [6.45, 7) is 1.82. The van der Waals surface area contributed by atoms with Gasteiger partial charge in [0.15, 0.2) is 0 Å². The lowest BCUT2D eigenvalue weighted by molar-refractivity contribution is 0.269. The van der Waals surface area contributed by atoms with Crippen LogP contribution in [0.5, 0.6) is 0 Å². The third-order valence-electron chi connectivity index (χ3n) is 2.66. The van der Waals surface area contributed by atoms with Crippen LogP contribution in [0.15, 0.2) is 30.6 Å². The predicted molar refractivity (Wildman–Crippen MR) is 71.3 cm³/mol. The topological polar surface area (TPSA) is 50.1 Å². The molecule has 2 N–H and O–H groups in total. The largest absolute Gasteiger partial charge is 0.394 e. The summed E-state index contributed by atoms with van der Waals surface area (Å²) in [6.07, 6.45) is 3.63. The number of halogens is 2. The van der Waals surface area contributed by atoms with E-state index in [1.165, 1.54) is 6.07 Å². The number of hydrogen-bond donors (Lipinski definition) is 2. The summed E-state index contributed by atoms with van der Waals surface area (Å²) >= 11 is 5.71. The van der Waals surface area contributed by atoms with Crippen LogP contribution in [-0.4, -0.2) is 21.5 Å². The second-order valence-corrected chi connectivity index (χ2v) is 4.59. The number of aliphatic hydroxyl groups excluding tert-OH is 1. The smallest absolute Gasteiger partial charge is 0.141 e. The van der Waals surface area contributed by atoms with Gasteiger partial charge in [0.25, 0.3) is 0 Å². The maximum absolute atomic E-state index is 13.0. The van der Waals surface area contributed by atoms with Crippen molar-refractivity contribution in [1.82, 2.24) is 15.1 Å². The Morgan fingerprint density at radius 1 is 1.32 bits per heavy atom. The number of aliphatic hydroxyl groups is 1. The van der Waals surface area contributed by atoms with E-state index in [9.17, 15) is 4.39 Å². The molecule has 2 aromatic rings. The molecular formula is C13H15ClFN3O. The van der Waals surface area contributed by atoms with Crippen LogP contribution in [-0.2, 0) is 19.6 Å². The maximum Gasteiger partial charge on any atom is 0.141 e. The summed E-state index contributed by atoms with van der Waals surface area (Å²) in [5.41, 5.74) is 1.95. The van der Waals surface area contributed by atoms with E-state index >= 15 is 0 Å². The average Bonchev–Trinajstić information content (AvgIpc) is 2.82. The zero-order valence-electron chi connectivity index (χ0n) is 10.3. The first-order chi connectivity index (χ1) is 9.19. The molecule has 0 fully saturated rings. The molecule has 0 saturated heterocycles. The molecule has 6 heteroatoms. The number of rotatable bonds is 6. The van der Waals surface area contributed by atoms with Gasteiger partial charge in [0, 0.05) is 24.8 Å². The predicted octanol–water partition coefficient (Wildman–Crippen LogP) is 1.96. The fraction of sp³-hybridized carbons (Fsp3) is 0.308. The summed E-state index contributed by atoms with van der Waals surface area (Å²) in [5, 5.41) is 16.2. The fourth-order valence-corrected chi connectivity index (χ4v) is 1.93. The van der Waals surface area contributed by atoms with E-state index in [-0.39, 0.29) is 11.6 Å². The molecule has 4 nitrogen and oxygen atoms in total. The van der Waals surface area contributed by atoms with E-state index < -0.39 is 5.82 Å². The summed E-state index contributed by atoms with van der Waals surface area (Å²) in [5.74, 6) is -0.407. The summed E-state index contributed by atoms with van der Waals surface area (Å²) < 4.78 is 14.7. The molecule has 0 spiro atoms. The Balaban J connectivity index is 1.83. The van der Waals surface area contributed by atoms with Crippen molar-refractivity contribution in [3.05, 3.63) is 52.6 Å². The first-order valence-electron chi connectivity index (χ1n) is 5.96. The molecule has 0 saturated carbocycles. The van der Waals surface area contributed by atoms with E-state index in [2.05, 4.69) is 10.4 Å². The van der Waals surface area contributed by atoms with Gasteiger partial charge in [-0.2, -0.15) is 5.10 Å². The molecule has 0 bridgehead atoms. The van der Waals surface area contributed by atoms with Gasteiger partial charge >= 0.3 is 0 Å². The third-order valence-corrected chi connectivity index (χ3v) is 2.95. The highest BCUT2D eigenvalue weighted by atomic mass is 35.5. The Labute approximate surface area is 115 Å². The molecule has 0 aliphatic heterocycles. The van der Waals surface area contributed by atoms with Crippen LogP contribution in [0.4, 0.5) is 4.39 Å². The Morgan fingerprint density at radius 2 is 2.11 bits per heavy atom. The molecule has 102 valence electrons. The Hall–Kier alpha value is -1.43. The van der Waals surface area contributed by atoms with E-state index in [0.717, 1.165) is 11.1 Å². The number of nitrogens with one attached hydrogen (secondary N) is 1. The summed E-state index contributed by atoms with van der Waals surface area (Å²) in [6, 6.07) is 4.67. The lowest BCUT2D eigenvalue weighted by Gasteiger charge is -2.04. The van der Waals surface area contributed by atoms with Gasteiger partial charge in [0.05, 0.1) is 24.4 Å². The van der Waals surface area contributed by atoms with Crippen LogP contribution >= 0.6 is 11.6 Å². The Kier molecular flexibility index (Phi) is 4.90. The molecule has 1 aromatic heterocycles. The van der Waals surface area contributed by atoms with Gasteiger partial charge in [-0.1, -0.05) is 17.7 Å². The van der Waals surface area contributed by atoms with E-state index in [0.29, 0.717) is 19.6 Å². The first-order valence-corrected chi connectivity index (χ1v) is 6.33. The van der Waals surface area contributed by atoms with Crippen molar-refractivity contribution < 1.29 is 9.50 Å². The molecule has 2 rings (SSSR count). The minimum atomic E-state index is -0.407. The van der Waals surface area contributed by atoms with Gasteiger partial charge in [-0.15, -0.1) is 0 Å². The maximum atomic E-state index is 13.0. The van der Waals surface area contributed by atoms with E-state index in [1.807, 2.05) is 6.20 Å². The highest BCUT2D eigenvalue weighted by Crippen LogP contribution is 2.15. The monoisotopic (exact) mass is 283 g/mol. The van der Waals surface area contributed by atoms with Crippen LogP contribution in [0.3, 0.4) is 0 Å². The molecule has 1 heterocycles. The normalized spacial score (nSPS) is 10.9. The van der Waals surface area contributed by atoms with Crippen LogP contribution in [0.25, 0.3) is 0 Å². The van der Waals surface area contributed by atoms with Crippen molar-refractivity contribution in [2.75, 3.05) is 6.61 Å². The molecule has 19 heavy (non-hydrogen) atoms. The average molecular weight is 284 g/mol. The molecule has 0 amide bonds. The van der Waals surface area contributed by atoms with Gasteiger partial charge in [-0.05, 0) is 17.7 Å². The van der Waals surface area contributed by atoms with Gasteiger partial charge in [0.1, 0.15) is 5.82 Å². The summed E-state index contributed by atoms with van der Waals surface area (Å²) in [4.78, 5) is 0. The molecule has 0 atom stereocenters. The van der Waals surface area contributed by atoms with Crippen LogP contribution in [0.1, 0.15) is 11.1 Å². The number of benzene rings is 1. The molecule has 0 radical (unpaired) electrons. The van der Waals surface area contributed by atoms with Gasteiger partial charge in [0.2, 0.25) is 0 Å². The van der Waals surface area contributed by atoms with Crippen molar-refractivity contribution in [3.8, 4) is 0 Å². The standard InChI is InChI=1S/C13H15ClFN3O/c14-12-5-10(1-2-13(12)15)6-16-7-11-8-17-18(9-11)3-4-19/h1-2,5,8-9,16,19H,3-4,6-7H2. The second kappa shape index (κ2) is 6.65. The zero-order valence-corrected chi connectivity index (χ0v) is 11.1. The van der Waals surface area contributed by atoms with Crippen molar-refractivity contribution >= 4 is 11.6 Å². The summed E-state index contributed by atoms with van der Waals surface area (Å²) in [7, 11) is 0. The van der Waals surface area contributed by atoms with Crippen molar-refractivity contribution in [3.63, 3.8) is 0 Å².